The van der Waals surface area contributed by atoms with Crippen LogP contribution >= 0.6 is 11.3 Å². The van der Waals surface area contributed by atoms with Crippen LogP contribution in [0.1, 0.15) is 31.0 Å². The molecule has 3 aromatic rings. The second-order valence-corrected chi connectivity index (χ2v) is 9.09. The minimum Gasteiger partial charge on any atom is -0.463 e. The Bertz CT molecular complexity index is 1650. The second-order valence-electron chi connectivity index (χ2n) is 8.11. The smallest absolute Gasteiger partial charge is 0.338 e. The van der Waals surface area contributed by atoms with Crippen LogP contribution < -0.4 is 29.7 Å². The lowest BCUT2D eigenvalue weighted by atomic mass is 9.95. The van der Waals surface area contributed by atoms with Crippen molar-refractivity contribution in [3.05, 3.63) is 84.5 Å². The number of hydrogen-bond donors (Lipinski definition) is 1. The Labute approximate surface area is 202 Å². The van der Waals surface area contributed by atoms with E-state index < -0.39 is 17.6 Å². The Balaban J connectivity index is 1.64. The molecule has 0 spiro atoms. The number of amides is 1. The molecule has 1 N–H and O–H groups in total. The minimum absolute atomic E-state index is 0.0963. The number of carbonyl (C=O) groups excluding carboxylic acids is 2. The number of anilines is 1. The molecule has 1 amide bonds. The molecule has 0 fully saturated rings. The molecular formula is C25H19N3O6S. The largest absolute Gasteiger partial charge is 0.463 e. The number of thiazole rings is 1. The number of benzene rings is 2. The van der Waals surface area contributed by atoms with E-state index in [0.717, 1.165) is 11.3 Å². The first-order valence-corrected chi connectivity index (χ1v) is 11.8. The van der Waals surface area contributed by atoms with E-state index in [0.29, 0.717) is 44.4 Å². The zero-order valence-electron chi connectivity index (χ0n) is 18.8. The van der Waals surface area contributed by atoms with E-state index in [-0.39, 0.29) is 29.4 Å². The van der Waals surface area contributed by atoms with Crippen molar-refractivity contribution in [3.63, 3.8) is 0 Å². The third-order valence-electron chi connectivity index (χ3n) is 6.10. The van der Waals surface area contributed by atoms with Crippen molar-refractivity contribution in [2.75, 3.05) is 18.7 Å². The fourth-order valence-corrected chi connectivity index (χ4v) is 5.73. The number of esters is 1. The summed E-state index contributed by atoms with van der Waals surface area (Å²) >= 11 is 1.12. The van der Waals surface area contributed by atoms with Crippen LogP contribution in [0.5, 0.6) is 11.5 Å². The lowest BCUT2D eigenvalue weighted by Crippen LogP contribution is -2.40. The van der Waals surface area contributed by atoms with Gasteiger partial charge in [-0.3, -0.25) is 14.2 Å². The van der Waals surface area contributed by atoms with Gasteiger partial charge in [-0.2, -0.15) is 0 Å². The number of carbonyl (C=O) groups is 2. The van der Waals surface area contributed by atoms with E-state index in [2.05, 4.69) is 10.3 Å². The summed E-state index contributed by atoms with van der Waals surface area (Å²) < 4.78 is 18.0. The maximum Gasteiger partial charge on any atom is 0.338 e. The van der Waals surface area contributed by atoms with Crippen LogP contribution in [0, 0.1) is 0 Å². The molecule has 6 rings (SSSR count). The number of allylic oxidation sites excluding steroid dienone is 1. The van der Waals surface area contributed by atoms with Gasteiger partial charge in [0.25, 0.3) is 11.5 Å². The maximum absolute atomic E-state index is 13.9. The predicted molar refractivity (Wildman–Crippen MR) is 127 cm³/mol. The van der Waals surface area contributed by atoms with Crippen molar-refractivity contribution < 1.29 is 23.8 Å². The normalized spacial score (nSPS) is 19.1. The van der Waals surface area contributed by atoms with Gasteiger partial charge in [0.2, 0.25) is 6.79 Å². The van der Waals surface area contributed by atoms with Crippen LogP contribution in [0.2, 0.25) is 0 Å². The topological polar surface area (TPSA) is 108 Å². The van der Waals surface area contributed by atoms with Gasteiger partial charge in [-0.25, -0.2) is 9.79 Å². The van der Waals surface area contributed by atoms with E-state index in [4.69, 9.17) is 14.2 Å². The van der Waals surface area contributed by atoms with Gasteiger partial charge in [0, 0.05) is 11.3 Å². The van der Waals surface area contributed by atoms with Gasteiger partial charge in [-0.15, -0.1) is 0 Å². The van der Waals surface area contributed by atoms with Crippen LogP contribution in [-0.4, -0.2) is 29.8 Å². The minimum atomic E-state index is -0.811. The van der Waals surface area contributed by atoms with Crippen molar-refractivity contribution in [2.24, 2.45) is 4.99 Å². The highest BCUT2D eigenvalue weighted by atomic mass is 32.1. The Morgan fingerprint density at radius 1 is 1.20 bits per heavy atom. The number of ether oxygens (including phenoxy) is 3. The molecule has 3 aliphatic heterocycles. The maximum atomic E-state index is 13.9. The lowest BCUT2D eigenvalue weighted by Gasteiger charge is -2.24. The molecule has 2 aromatic carbocycles. The molecule has 0 unspecified atom stereocenters. The van der Waals surface area contributed by atoms with Gasteiger partial charge >= 0.3 is 5.97 Å². The Hall–Kier alpha value is -4.18. The zero-order chi connectivity index (χ0) is 24.3. The number of fused-ring (bicyclic) bond motifs is 3. The highest BCUT2D eigenvalue weighted by Crippen LogP contribution is 2.38. The first-order valence-electron chi connectivity index (χ1n) is 11.0. The van der Waals surface area contributed by atoms with Gasteiger partial charge in [0.1, 0.15) is 4.53 Å². The van der Waals surface area contributed by atoms with Gasteiger partial charge < -0.3 is 19.5 Å². The summed E-state index contributed by atoms with van der Waals surface area (Å²) in [6, 6.07) is 11.7. The molecule has 0 bridgehead atoms. The number of rotatable bonds is 3. The Kier molecular flexibility index (Phi) is 4.85. The van der Waals surface area contributed by atoms with Crippen molar-refractivity contribution in [1.82, 2.24) is 4.57 Å². The second kappa shape index (κ2) is 7.95. The third kappa shape index (κ3) is 3.21. The third-order valence-corrected chi connectivity index (χ3v) is 7.16. The number of para-hydroxylation sites is 1. The first kappa shape index (κ1) is 21.4. The van der Waals surface area contributed by atoms with Crippen LogP contribution in [0.3, 0.4) is 0 Å². The van der Waals surface area contributed by atoms with Crippen molar-refractivity contribution in [3.8, 4) is 11.5 Å². The van der Waals surface area contributed by atoms with Crippen LogP contribution in [0.4, 0.5) is 5.69 Å². The SMILES string of the molecule is CCOC(=O)C1=C(C)N=c2s/c(=C3\C(=O)Nc4ccccc43)c(=O)n2[C@@H]1c1ccc2c(c1)OCO2. The molecule has 0 radical (unpaired) electrons. The van der Waals surface area contributed by atoms with E-state index in [9.17, 15) is 14.4 Å². The van der Waals surface area contributed by atoms with E-state index >= 15 is 0 Å². The highest BCUT2D eigenvalue weighted by molar-refractivity contribution is 7.07. The highest BCUT2D eigenvalue weighted by Gasteiger charge is 2.35. The standard InChI is InChI=1S/C25H19N3O6S/c1-3-32-24(31)18-12(2)26-25-28(20(18)13-8-9-16-17(10-13)34-11-33-16)23(30)21(35-25)19-14-6-4-5-7-15(14)27-22(19)29/h4-10,20H,3,11H2,1-2H3,(H,27,29)/b21-19-/t20-/m1/s1. The Morgan fingerprint density at radius 3 is 2.83 bits per heavy atom. The summed E-state index contributed by atoms with van der Waals surface area (Å²) in [6.07, 6.45) is 0. The summed E-state index contributed by atoms with van der Waals surface area (Å²) in [5, 5.41) is 2.81. The summed E-state index contributed by atoms with van der Waals surface area (Å²) in [5.74, 6) is 0.200. The summed E-state index contributed by atoms with van der Waals surface area (Å²) in [4.78, 5) is 44.8. The summed E-state index contributed by atoms with van der Waals surface area (Å²) in [5.41, 5.74) is 2.53. The predicted octanol–water partition coefficient (Wildman–Crippen LogP) is 1.85. The van der Waals surface area contributed by atoms with E-state index in [1.807, 2.05) is 12.1 Å². The molecule has 1 atom stereocenters. The number of nitrogens with zero attached hydrogens (tertiary/aromatic N) is 2. The number of aromatic nitrogens is 1. The van der Waals surface area contributed by atoms with Crippen LogP contribution in [-0.2, 0) is 14.3 Å². The fourth-order valence-electron chi connectivity index (χ4n) is 4.58. The first-order chi connectivity index (χ1) is 17.0. The van der Waals surface area contributed by atoms with E-state index in [1.165, 1.54) is 4.57 Å². The van der Waals surface area contributed by atoms with E-state index in [1.54, 1.807) is 44.2 Å². The van der Waals surface area contributed by atoms with Crippen molar-refractivity contribution >= 4 is 34.5 Å². The van der Waals surface area contributed by atoms with Gasteiger partial charge in [0.15, 0.2) is 16.3 Å². The zero-order valence-corrected chi connectivity index (χ0v) is 19.6. The van der Waals surface area contributed by atoms with Gasteiger partial charge in [-0.05, 0) is 37.6 Å². The molecule has 0 aliphatic carbocycles. The monoisotopic (exact) mass is 489 g/mol. The van der Waals surface area contributed by atoms with Crippen LogP contribution in [0.25, 0.3) is 5.57 Å². The molecule has 0 saturated heterocycles. The number of hydrogen-bond acceptors (Lipinski definition) is 8. The average Bonchev–Trinajstić information content (AvgIpc) is 3.52. The molecular weight excluding hydrogens is 470 g/mol. The molecule has 4 heterocycles. The lowest BCUT2D eigenvalue weighted by molar-refractivity contribution is -0.139. The van der Waals surface area contributed by atoms with Gasteiger partial charge in [0.05, 0.1) is 29.5 Å². The molecule has 1 aromatic heterocycles. The molecule has 3 aliphatic rings. The van der Waals surface area contributed by atoms with Crippen molar-refractivity contribution in [2.45, 2.75) is 19.9 Å². The molecule has 0 saturated carbocycles. The Morgan fingerprint density at radius 2 is 2.00 bits per heavy atom. The molecule has 9 nitrogen and oxygen atoms in total. The average molecular weight is 490 g/mol. The van der Waals surface area contributed by atoms with Gasteiger partial charge in [-0.1, -0.05) is 35.6 Å². The number of nitrogens with one attached hydrogen (secondary N) is 1. The molecule has 35 heavy (non-hydrogen) atoms. The molecule has 10 heteroatoms. The summed E-state index contributed by atoms with van der Waals surface area (Å²) in [7, 11) is 0. The summed E-state index contributed by atoms with van der Waals surface area (Å²) in [6.45, 7) is 3.70. The quantitative estimate of drug-likeness (QED) is 0.563. The molecule has 176 valence electrons. The van der Waals surface area contributed by atoms with Crippen LogP contribution in [0.15, 0.2) is 63.5 Å². The van der Waals surface area contributed by atoms with Crippen molar-refractivity contribution in [1.29, 1.82) is 0 Å². The fraction of sp³-hybridized carbons (Fsp3) is 0.200.